The largest absolute Gasteiger partial charge is 0.493 e. The van der Waals surface area contributed by atoms with Crippen LogP contribution in [-0.2, 0) is 14.6 Å². The molecule has 0 aliphatic carbocycles. The van der Waals surface area contributed by atoms with Gasteiger partial charge in [0, 0.05) is 12.6 Å². The minimum atomic E-state index is -3.33. The molecule has 1 aliphatic rings. The summed E-state index contributed by atoms with van der Waals surface area (Å²) in [7, 11) is -0.762. The zero-order valence-corrected chi connectivity index (χ0v) is 16.9. The van der Waals surface area contributed by atoms with Crippen molar-refractivity contribution in [3.63, 3.8) is 0 Å². The van der Waals surface area contributed by atoms with Crippen LogP contribution in [0.2, 0.25) is 0 Å². The minimum Gasteiger partial charge on any atom is -0.493 e. The number of nitrogens with zero attached hydrogens (tertiary/aromatic N) is 1. The lowest BCUT2D eigenvalue weighted by Gasteiger charge is -2.12. The summed E-state index contributed by atoms with van der Waals surface area (Å²) >= 11 is 0. The van der Waals surface area contributed by atoms with Crippen molar-refractivity contribution in [3.05, 3.63) is 62.5 Å². The van der Waals surface area contributed by atoms with Crippen LogP contribution in [0.25, 0.3) is 6.08 Å². The van der Waals surface area contributed by atoms with Crippen LogP contribution in [0.15, 0.2) is 41.3 Å². The number of methoxy groups -OCH3 is 2. The van der Waals surface area contributed by atoms with Gasteiger partial charge in [-0.25, -0.2) is 13.2 Å². The number of ether oxygens (including phenoxy) is 3. The molecule has 1 fully saturated rings. The van der Waals surface area contributed by atoms with E-state index in [2.05, 4.69) is 10.1 Å². The number of esters is 1. The van der Waals surface area contributed by atoms with E-state index in [9.17, 15) is 23.3 Å². The second kappa shape index (κ2) is 8.51. The second-order valence-electron chi connectivity index (χ2n) is 6.24. The number of benzene rings is 2. The smallest absolute Gasteiger partial charge is 0.338 e. The SMILES string of the molecule is COC(=O)c1ccc(Oc2ccc(/C=C3\CNCS3(=O)=O)cc2OC)c([N+](=O)[O-])c1. The van der Waals surface area contributed by atoms with E-state index in [0.29, 0.717) is 5.56 Å². The Balaban J connectivity index is 1.95. The van der Waals surface area contributed by atoms with E-state index in [-0.39, 0.29) is 40.1 Å². The molecule has 158 valence electrons. The van der Waals surface area contributed by atoms with E-state index in [1.54, 1.807) is 12.1 Å². The van der Waals surface area contributed by atoms with Gasteiger partial charge in [0.05, 0.1) is 29.6 Å². The van der Waals surface area contributed by atoms with Gasteiger partial charge >= 0.3 is 11.7 Å². The van der Waals surface area contributed by atoms with Gasteiger partial charge in [-0.1, -0.05) is 6.07 Å². The normalized spacial score (nSPS) is 16.3. The Morgan fingerprint density at radius 1 is 1.13 bits per heavy atom. The molecule has 2 aromatic rings. The van der Waals surface area contributed by atoms with Crippen molar-refractivity contribution >= 4 is 27.6 Å². The van der Waals surface area contributed by atoms with Crippen molar-refractivity contribution < 1.29 is 32.3 Å². The lowest BCUT2D eigenvalue weighted by molar-refractivity contribution is -0.385. The summed E-state index contributed by atoms with van der Waals surface area (Å²) in [6.07, 6.45) is 1.52. The summed E-state index contributed by atoms with van der Waals surface area (Å²) in [6.45, 7) is 0.238. The Hall–Kier alpha value is -3.44. The molecule has 10 nitrogen and oxygen atoms in total. The number of hydrogen-bond donors (Lipinski definition) is 1. The predicted molar refractivity (Wildman–Crippen MR) is 107 cm³/mol. The average Bonchev–Trinajstić information content (AvgIpc) is 3.06. The highest BCUT2D eigenvalue weighted by Gasteiger charge is 2.24. The lowest BCUT2D eigenvalue weighted by atomic mass is 10.1. The van der Waals surface area contributed by atoms with E-state index in [1.165, 1.54) is 38.5 Å². The quantitative estimate of drug-likeness (QED) is 0.413. The molecule has 1 heterocycles. The number of nitro benzene ring substituents is 1. The Morgan fingerprint density at radius 3 is 2.47 bits per heavy atom. The molecule has 0 atom stereocenters. The molecular formula is C19H18N2O8S. The van der Waals surface area contributed by atoms with Crippen LogP contribution in [-0.4, -0.2) is 46.0 Å². The second-order valence-corrected chi connectivity index (χ2v) is 8.28. The van der Waals surface area contributed by atoms with Gasteiger partial charge in [0.25, 0.3) is 0 Å². The molecule has 2 aromatic carbocycles. The fourth-order valence-electron chi connectivity index (χ4n) is 2.81. The Labute approximate surface area is 172 Å². The van der Waals surface area contributed by atoms with Gasteiger partial charge in [-0.3, -0.25) is 15.4 Å². The molecule has 0 radical (unpaired) electrons. The number of sulfone groups is 1. The van der Waals surface area contributed by atoms with Gasteiger partial charge in [0.2, 0.25) is 5.75 Å². The molecule has 1 aliphatic heterocycles. The molecule has 0 bridgehead atoms. The summed E-state index contributed by atoms with van der Waals surface area (Å²) in [5.41, 5.74) is 0.156. The molecule has 0 spiro atoms. The van der Waals surface area contributed by atoms with Crippen LogP contribution < -0.4 is 14.8 Å². The summed E-state index contributed by atoms with van der Waals surface area (Å²) < 4.78 is 39.4. The van der Waals surface area contributed by atoms with E-state index >= 15 is 0 Å². The van der Waals surface area contributed by atoms with Gasteiger partial charge in [-0.05, 0) is 35.9 Å². The van der Waals surface area contributed by atoms with Gasteiger partial charge in [-0.2, -0.15) is 0 Å². The van der Waals surface area contributed by atoms with E-state index < -0.39 is 26.4 Å². The lowest BCUT2D eigenvalue weighted by Crippen LogP contribution is -2.07. The van der Waals surface area contributed by atoms with Crippen molar-refractivity contribution in [2.24, 2.45) is 0 Å². The fraction of sp³-hybridized carbons (Fsp3) is 0.211. The highest BCUT2D eigenvalue weighted by Crippen LogP contribution is 2.37. The van der Waals surface area contributed by atoms with Crippen LogP contribution in [0.3, 0.4) is 0 Å². The maximum Gasteiger partial charge on any atom is 0.338 e. The maximum atomic E-state index is 11.9. The molecule has 11 heteroatoms. The molecule has 0 amide bonds. The molecule has 1 N–H and O–H groups in total. The Morgan fingerprint density at radius 2 is 1.87 bits per heavy atom. The molecule has 3 rings (SSSR count). The summed E-state index contributed by atoms with van der Waals surface area (Å²) in [5, 5.41) is 14.2. The van der Waals surface area contributed by atoms with Crippen LogP contribution in [0.1, 0.15) is 15.9 Å². The van der Waals surface area contributed by atoms with E-state index in [0.717, 1.165) is 6.07 Å². The molecule has 0 saturated carbocycles. The number of hydrogen-bond acceptors (Lipinski definition) is 9. The average molecular weight is 434 g/mol. The number of carbonyl (C=O) groups is 1. The van der Waals surface area contributed by atoms with E-state index in [4.69, 9.17) is 9.47 Å². The predicted octanol–water partition coefficient (Wildman–Crippen LogP) is 2.50. The monoisotopic (exact) mass is 434 g/mol. The van der Waals surface area contributed by atoms with Gasteiger partial charge < -0.3 is 14.2 Å². The topological polar surface area (TPSA) is 134 Å². The third-order valence-electron chi connectivity index (χ3n) is 4.30. The first kappa shape index (κ1) is 21.3. The molecule has 30 heavy (non-hydrogen) atoms. The van der Waals surface area contributed by atoms with Crippen molar-refractivity contribution in [1.82, 2.24) is 5.32 Å². The first-order chi connectivity index (χ1) is 14.2. The summed E-state index contributed by atoms with van der Waals surface area (Å²) in [5.74, 6) is -0.488. The van der Waals surface area contributed by atoms with Gasteiger partial charge in [0.15, 0.2) is 21.3 Å². The zero-order valence-electron chi connectivity index (χ0n) is 16.1. The number of nitro groups is 1. The number of carbonyl (C=O) groups excluding carboxylic acids is 1. The minimum absolute atomic E-state index is 0.0110. The van der Waals surface area contributed by atoms with Crippen LogP contribution >= 0.6 is 0 Å². The van der Waals surface area contributed by atoms with Crippen molar-refractivity contribution in [3.8, 4) is 17.2 Å². The van der Waals surface area contributed by atoms with Crippen LogP contribution in [0.5, 0.6) is 17.2 Å². The van der Waals surface area contributed by atoms with Gasteiger partial charge in [-0.15, -0.1) is 0 Å². The standard InChI is InChI=1S/C19H18N2O8S/c1-27-18-8-12(7-14-10-20-11-30(14,25)26)3-5-17(18)29-16-6-4-13(19(22)28-2)9-15(16)21(23)24/h3-9,20H,10-11H2,1-2H3/b14-7+. The third-order valence-corrected chi connectivity index (χ3v) is 5.95. The molecule has 0 aromatic heterocycles. The molecular weight excluding hydrogens is 416 g/mol. The van der Waals surface area contributed by atoms with E-state index in [1.807, 2.05) is 0 Å². The zero-order chi connectivity index (χ0) is 21.9. The summed E-state index contributed by atoms with van der Waals surface area (Å²) in [6, 6.07) is 8.37. The fourth-order valence-corrected chi connectivity index (χ4v) is 4.00. The van der Waals surface area contributed by atoms with Crippen molar-refractivity contribution in [2.75, 3.05) is 26.6 Å². The third kappa shape index (κ3) is 4.42. The first-order valence-corrected chi connectivity index (χ1v) is 10.3. The van der Waals surface area contributed by atoms with Gasteiger partial charge in [0.1, 0.15) is 5.88 Å². The van der Waals surface area contributed by atoms with Crippen molar-refractivity contribution in [2.45, 2.75) is 0 Å². The number of nitrogens with one attached hydrogen (secondary N) is 1. The molecule has 0 unspecified atom stereocenters. The first-order valence-electron chi connectivity index (χ1n) is 8.62. The number of rotatable bonds is 6. The van der Waals surface area contributed by atoms with Crippen LogP contribution in [0.4, 0.5) is 5.69 Å². The van der Waals surface area contributed by atoms with Crippen LogP contribution in [0, 0.1) is 10.1 Å². The summed E-state index contributed by atoms with van der Waals surface area (Å²) in [4.78, 5) is 22.6. The highest BCUT2D eigenvalue weighted by atomic mass is 32.2. The van der Waals surface area contributed by atoms with Crippen molar-refractivity contribution in [1.29, 1.82) is 0 Å². The highest BCUT2D eigenvalue weighted by molar-refractivity contribution is 7.95. The molecule has 1 saturated heterocycles. The maximum absolute atomic E-state index is 11.9. The Bertz CT molecular complexity index is 1140. The Kier molecular flexibility index (Phi) is 6.04.